The maximum atomic E-state index is 12.9. The van der Waals surface area contributed by atoms with Crippen LogP contribution in [0.15, 0.2) is 60.8 Å². The number of rotatable bonds is 58. The van der Waals surface area contributed by atoms with Crippen molar-refractivity contribution in [1.29, 1.82) is 0 Å². The van der Waals surface area contributed by atoms with Gasteiger partial charge in [-0.15, -0.1) is 0 Å². The molecule has 73 heavy (non-hydrogen) atoms. The van der Waals surface area contributed by atoms with E-state index in [0.29, 0.717) is 19.3 Å². The lowest BCUT2D eigenvalue weighted by Crippen LogP contribution is -2.30. The molecule has 424 valence electrons. The van der Waals surface area contributed by atoms with Gasteiger partial charge in [-0.3, -0.25) is 14.4 Å². The number of esters is 3. The molecule has 0 spiro atoms. The van der Waals surface area contributed by atoms with E-state index < -0.39 is 6.10 Å². The molecule has 6 nitrogen and oxygen atoms in total. The van der Waals surface area contributed by atoms with E-state index in [-0.39, 0.29) is 31.1 Å². The van der Waals surface area contributed by atoms with Crippen LogP contribution in [0, 0.1) is 0 Å². The predicted molar refractivity (Wildman–Crippen MR) is 316 cm³/mol. The van der Waals surface area contributed by atoms with Gasteiger partial charge in [0.2, 0.25) is 0 Å². The van der Waals surface area contributed by atoms with Crippen molar-refractivity contribution in [3.63, 3.8) is 0 Å². The summed E-state index contributed by atoms with van der Waals surface area (Å²) in [6.07, 6.45) is 77.9. The highest BCUT2D eigenvalue weighted by molar-refractivity contribution is 5.71. The van der Waals surface area contributed by atoms with Gasteiger partial charge in [-0.1, -0.05) is 274 Å². The number of hydrogen-bond acceptors (Lipinski definition) is 6. The van der Waals surface area contributed by atoms with Crippen LogP contribution in [0.4, 0.5) is 0 Å². The van der Waals surface area contributed by atoms with Crippen LogP contribution in [0.1, 0.15) is 329 Å². The predicted octanol–water partition coefficient (Wildman–Crippen LogP) is 21.6. The molecule has 0 bridgehead atoms. The Balaban J connectivity index is 4.42. The van der Waals surface area contributed by atoms with Crippen molar-refractivity contribution >= 4 is 17.9 Å². The van der Waals surface area contributed by atoms with Crippen LogP contribution in [0.5, 0.6) is 0 Å². The monoisotopic (exact) mass is 1020 g/mol. The van der Waals surface area contributed by atoms with E-state index in [0.717, 1.165) is 89.9 Å². The fourth-order valence-corrected chi connectivity index (χ4v) is 9.20. The first-order chi connectivity index (χ1) is 36.0. The number of unbranched alkanes of at least 4 members (excludes halogenated alkanes) is 39. The molecular formula is C67H120O6. The van der Waals surface area contributed by atoms with Gasteiger partial charge in [0.1, 0.15) is 13.2 Å². The molecule has 0 rings (SSSR count). The summed E-state index contributed by atoms with van der Waals surface area (Å²) in [5.41, 5.74) is 0. The van der Waals surface area contributed by atoms with Gasteiger partial charge < -0.3 is 14.2 Å². The molecule has 1 unspecified atom stereocenters. The van der Waals surface area contributed by atoms with Crippen molar-refractivity contribution in [2.24, 2.45) is 0 Å². The van der Waals surface area contributed by atoms with Crippen LogP contribution in [0.25, 0.3) is 0 Å². The maximum absolute atomic E-state index is 12.9. The molecule has 0 saturated carbocycles. The van der Waals surface area contributed by atoms with E-state index in [1.54, 1.807) is 0 Å². The zero-order valence-corrected chi connectivity index (χ0v) is 48.7. The first-order valence-corrected chi connectivity index (χ1v) is 31.8. The van der Waals surface area contributed by atoms with Gasteiger partial charge in [0.25, 0.3) is 0 Å². The fourth-order valence-electron chi connectivity index (χ4n) is 9.20. The van der Waals surface area contributed by atoms with Gasteiger partial charge in [-0.25, -0.2) is 0 Å². The SMILES string of the molecule is CCCCCCC\C=C/C=C\C=C/CCCCCCCC(=O)OC(COC(=O)CCCCCCC/C=C\CCCCCCCCCCC)COC(=O)CCCCCCCCC/C=C\CCCCCCCCCC. The summed E-state index contributed by atoms with van der Waals surface area (Å²) in [4.78, 5) is 38.3. The van der Waals surface area contributed by atoms with Crippen molar-refractivity contribution in [2.45, 2.75) is 335 Å². The number of hydrogen-bond donors (Lipinski definition) is 0. The Labute approximate surface area is 453 Å². The molecule has 0 N–H and O–H groups in total. The lowest BCUT2D eigenvalue weighted by Gasteiger charge is -2.18. The normalized spacial score (nSPS) is 12.4. The second-order valence-electron chi connectivity index (χ2n) is 21.4. The average Bonchev–Trinajstić information content (AvgIpc) is 3.39. The highest BCUT2D eigenvalue weighted by Gasteiger charge is 2.19. The van der Waals surface area contributed by atoms with Crippen molar-refractivity contribution in [3.8, 4) is 0 Å². The van der Waals surface area contributed by atoms with Crippen molar-refractivity contribution in [3.05, 3.63) is 60.8 Å². The molecule has 0 aliphatic carbocycles. The molecular weight excluding hydrogens is 901 g/mol. The Morgan fingerprint density at radius 2 is 0.507 bits per heavy atom. The molecule has 0 saturated heterocycles. The van der Waals surface area contributed by atoms with Gasteiger partial charge in [0.15, 0.2) is 6.10 Å². The van der Waals surface area contributed by atoms with Crippen LogP contribution in [-0.4, -0.2) is 37.2 Å². The van der Waals surface area contributed by atoms with Crippen LogP contribution < -0.4 is 0 Å². The van der Waals surface area contributed by atoms with E-state index in [1.807, 2.05) is 0 Å². The van der Waals surface area contributed by atoms with E-state index >= 15 is 0 Å². The minimum atomic E-state index is -0.791. The van der Waals surface area contributed by atoms with E-state index in [1.165, 1.54) is 199 Å². The largest absolute Gasteiger partial charge is 0.462 e. The first-order valence-electron chi connectivity index (χ1n) is 31.8. The maximum Gasteiger partial charge on any atom is 0.306 e. The Bertz CT molecular complexity index is 1310. The Morgan fingerprint density at radius 3 is 0.795 bits per heavy atom. The number of carbonyl (C=O) groups is 3. The summed E-state index contributed by atoms with van der Waals surface area (Å²) >= 11 is 0. The quantitative estimate of drug-likeness (QED) is 0.0199. The van der Waals surface area contributed by atoms with Gasteiger partial charge in [0.05, 0.1) is 0 Å². The highest BCUT2D eigenvalue weighted by atomic mass is 16.6. The zero-order chi connectivity index (χ0) is 52.9. The van der Waals surface area contributed by atoms with Crippen LogP contribution in [0.2, 0.25) is 0 Å². The van der Waals surface area contributed by atoms with Crippen LogP contribution in [0.3, 0.4) is 0 Å². The standard InChI is InChI=1S/C67H120O6/c1-4-7-10-13-16-19-22-25-28-31-34-37-39-42-45-48-51-54-57-60-66(69)72-63-64(73-67(70)61-58-55-52-49-46-43-40-36-33-30-27-24-21-18-15-12-9-6-3)62-71-65(68)59-56-53-50-47-44-41-38-35-32-29-26-23-20-17-14-11-8-5-2/h24,27,30-31,33-36,38,40,64H,4-23,25-26,28-29,32,37,39,41-63H2,1-3H3/b27-24-,33-30-,34-31-,38-35-,40-36-. The van der Waals surface area contributed by atoms with E-state index in [4.69, 9.17) is 14.2 Å². The van der Waals surface area contributed by atoms with Gasteiger partial charge in [-0.2, -0.15) is 0 Å². The summed E-state index contributed by atoms with van der Waals surface area (Å²) in [5, 5.41) is 0. The lowest BCUT2D eigenvalue weighted by atomic mass is 10.1. The molecule has 0 heterocycles. The van der Waals surface area contributed by atoms with Crippen molar-refractivity contribution in [1.82, 2.24) is 0 Å². The summed E-state index contributed by atoms with van der Waals surface area (Å²) < 4.78 is 16.9. The van der Waals surface area contributed by atoms with E-state index in [9.17, 15) is 14.4 Å². The third-order valence-corrected chi connectivity index (χ3v) is 14.0. The number of ether oxygens (including phenoxy) is 3. The third-order valence-electron chi connectivity index (χ3n) is 14.0. The Kier molecular flexibility index (Phi) is 59.2. The zero-order valence-electron chi connectivity index (χ0n) is 48.7. The average molecular weight is 1020 g/mol. The Morgan fingerprint density at radius 1 is 0.274 bits per heavy atom. The van der Waals surface area contributed by atoms with Crippen molar-refractivity contribution < 1.29 is 28.6 Å². The highest BCUT2D eigenvalue weighted by Crippen LogP contribution is 2.16. The topological polar surface area (TPSA) is 78.9 Å². The molecule has 1 atom stereocenters. The summed E-state index contributed by atoms with van der Waals surface area (Å²) in [6.45, 7) is 6.64. The second kappa shape index (κ2) is 61.7. The smallest absolute Gasteiger partial charge is 0.306 e. The molecule has 0 fully saturated rings. The van der Waals surface area contributed by atoms with Gasteiger partial charge in [0, 0.05) is 19.3 Å². The van der Waals surface area contributed by atoms with Crippen LogP contribution in [-0.2, 0) is 28.6 Å². The van der Waals surface area contributed by atoms with Gasteiger partial charge in [-0.05, 0) is 96.3 Å². The second-order valence-corrected chi connectivity index (χ2v) is 21.4. The number of carbonyl (C=O) groups excluding carboxylic acids is 3. The summed E-state index contributed by atoms with van der Waals surface area (Å²) in [5.74, 6) is -0.902. The first kappa shape index (κ1) is 70.1. The number of allylic oxidation sites excluding steroid dienone is 10. The molecule has 0 aliphatic heterocycles. The molecule has 0 aromatic carbocycles. The molecule has 0 aromatic heterocycles. The van der Waals surface area contributed by atoms with Crippen LogP contribution >= 0.6 is 0 Å². The van der Waals surface area contributed by atoms with Crippen molar-refractivity contribution in [2.75, 3.05) is 13.2 Å². The molecule has 0 radical (unpaired) electrons. The molecule has 0 aromatic rings. The fraction of sp³-hybridized carbons (Fsp3) is 0.806. The lowest BCUT2D eigenvalue weighted by molar-refractivity contribution is -0.167. The Hall–Kier alpha value is -2.89. The third kappa shape index (κ3) is 59.9. The minimum Gasteiger partial charge on any atom is -0.462 e. The molecule has 0 amide bonds. The minimum absolute atomic E-state index is 0.0861. The van der Waals surface area contributed by atoms with Gasteiger partial charge >= 0.3 is 17.9 Å². The molecule has 6 heteroatoms. The van der Waals surface area contributed by atoms with E-state index in [2.05, 4.69) is 81.5 Å². The summed E-state index contributed by atoms with van der Waals surface area (Å²) in [7, 11) is 0. The molecule has 0 aliphatic rings. The summed E-state index contributed by atoms with van der Waals surface area (Å²) in [6, 6.07) is 0.